The maximum absolute atomic E-state index is 14.9. The minimum atomic E-state index is -0.833. The maximum Gasteiger partial charge on any atom is 0.166 e. The van der Waals surface area contributed by atoms with E-state index < -0.39 is 11.6 Å². The van der Waals surface area contributed by atoms with Crippen LogP contribution in [0.5, 0.6) is 5.75 Å². The third-order valence-corrected chi connectivity index (χ3v) is 7.36. The molecule has 0 radical (unpaired) electrons. The molecule has 1 fully saturated rings. The number of aliphatic hydroxyl groups excluding tert-OH is 1. The van der Waals surface area contributed by atoms with Crippen LogP contribution in [0.25, 0.3) is 6.08 Å². The first-order chi connectivity index (χ1) is 17.4. The predicted octanol–water partition coefficient (Wildman–Crippen LogP) is 8.01. The van der Waals surface area contributed by atoms with Gasteiger partial charge in [-0.15, -0.1) is 0 Å². The smallest absolute Gasteiger partial charge is 0.166 e. The monoisotopic (exact) mass is 494 g/mol. The SMILES string of the molecule is C=CCOc1ccc(C2C=CC(/C=C/c3ccc(C4CCC(C(C)O)CC4)c(F)c3F)=CC2)c(F)c1. The maximum atomic E-state index is 14.9. The first-order valence-electron chi connectivity index (χ1n) is 12.6. The van der Waals surface area contributed by atoms with Gasteiger partial charge in [0, 0.05) is 17.5 Å². The minimum absolute atomic E-state index is 0.0172. The molecule has 0 aliphatic heterocycles. The molecular formula is C31H33F3O2. The molecule has 0 amide bonds. The number of benzene rings is 2. The van der Waals surface area contributed by atoms with Crippen molar-refractivity contribution in [2.45, 2.75) is 57.0 Å². The summed E-state index contributed by atoms with van der Waals surface area (Å²) in [5.41, 5.74) is 2.07. The van der Waals surface area contributed by atoms with Crippen molar-refractivity contribution in [1.82, 2.24) is 0 Å². The molecule has 2 aromatic rings. The highest BCUT2D eigenvalue weighted by atomic mass is 19.2. The van der Waals surface area contributed by atoms with E-state index in [0.717, 1.165) is 31.3 Å². The van der Waals surface area contributed by atoms with Crippen LogP contribution in [-0.4, -0.2) is 17.8 Å². The van der Waals surface area contributed by atoms with Gasteiger partial charge in [0.05, 0.1) is 6.10 Å². The Morgan fingerprint density at radius 3 is 2.42 bits per heavy atom. The van der Waals surface area contributed by atoms with Gasteiger partial charge in [0.1, 0.15) is 18.2 Å². The Morgan fingerprint density at radius 1 is 1.03 bits per heavy atom. The van der Waals surface area contributed by atoms with Gasteiger partial charge in [-0.25, -0.2) is 13.2 Å². The summed E-state index contributed by atoms with van der Waals surface area (Å²) in [5.74, 6) is -1.36. The van der Waals surface area contributed by atoms with Crippen LogP contribution in [-0.2, 0) is 0 Å². The van der Waals surface area contributed by atoms with Crippen molar-refractivity contribution in [2.75, 3.05) is 6.61 Å². The second-order valence-electron chi connectivity index (χ2n) is 9.75. The molecule has 36 heavy (non-hydrogen) atoms. The molecule has 0 bridgehead atoms. The van der Waals surface area contributed by atoms with Crippen LogP contribution in [0.3, 0.4) is 0 Å². The van der Waals surface area contributed by atoms with Gasteiger partial charge in [-0.05, 0) is 73.6 Å². The van der Waals surface area contributed by atoms with E-state index in [4.69, 9.17) is 4.74 Å². The highest BCUT2D eigenvalue weighted by Gasteiger charge is 2.28. The molecule has 2 aliphatic carbocycles. The van der Waals surface area contributed by atoms with Gasteiger partial charge >= 0.3 is 0 Å². The summed E-state index contributed by atoms with van der Waals surface area (Å²) in [5, 5.41) is 9.78. The van der Waals surface area contributed by atoms with Gasteiger partial charge in [0.15, 0.2) is 11.6 Å². The Bertz CT molecular complexity index is 1170. The van der Waals surface area contributed by atoms with Crippen LogP contribution in [0.4, 0.5) is 13.2 Å². The summed E-state index contributed by atoms with van der Waals surface area (Å²) in [6.07, 6.45) is 14.1. The van der Waals surface area contributed by atoms with E-state index in [2.05, 4.69) is 6.58 Å². The van der Waals surface area contributed by atoms with Crippen molar-refractivity contribution in [3.63, 3.8) is 0 Å². The standard InChI is InChI=1S/C31H33F3O2/c1-3-18-36-26-15-17-27(29(32)19-26)23-7-4-21(5-8-23)6-9-25-14-16-28(31(34)30(25)33)24-12-10-22(11-13-24)20(2)35/h3-7,9,14-17,19-20,22-24,35H,1,8,10-13,18H2,2H3/b9-6+. The Kier molecular flexibility index (Phi) is 8.52. The van der Waals surface area contributed by atoms with Crippen molar-refractivity contribution < 1.29 is 23.0 Å². The fourth-order valence-electron chi connectivity index (χ4n) is 5.17. The minimum Gasteiger partial charge on any atom is -0.489 e. The molecule has 1 saturated carbocycles. The summed E-state index contributed by atoms with van der Waals surface area (Å²) in [4.78, 5) is 0. The van der Waals surface area contributed by atoms with Crippen LogP contribution in [0, 0.1) is 23.4 Å². The molecular weight excluding hydrogens is 461 g/mol. The van der Waals surface area contributed by atoms with Gasteiger partial charge < -0.3 is 9.84 Å². The predicted molar refractivity (Wildman–Crippen MR) is 138 cm³/mol. The van der Waals surface area contributed by atoms with E-state index in [9.17, 15) is 18.3 Å². The Balaban J connectivity index is 1.39. The summed E-state index contributed by atoms with van der Waals surface area (Å²) >= 11 is 0. The van der Waals surface area contributed by atoms with Crippen LogP contribution < -0.4 is 4.74 Å². The number of halogens is 3. The fraction of sp³-hybridized carbons (Fsp3) is 0.355. The first kappa shape index (κ1) is 26.0. The summed E-state index contributed by atoms with van der Waals surface area (Å²) in [6.45, 7) is 5.69. The Labute approximate surface area is 211 Å². The molecule has 0 heterocycles. The molecule has 2 nitrogen and oxygen atoms in total. The topological polar surface area (TPSA) is 29.5 Å². The molecule has 1 N–H and O–H groups in total. The van der Waals surface area contributed by atoms with Crippen molar-refractivity contribution in [1.29, 1.82) is 0 Å². The van der Waals surface area contributed by atoms with Crippen LogP contribution in [0.15, 0.2) is 72.9 Å². The van der Waals surface area contributed by atoms with E-state index >= 15 is 0 Å². The van der Waals surface area contributed by atoms with Crippen molar-refractivity contribution in [2.24, 2.45) is 5.92 Å². The molecule has 0 saturated heterocycles. The summed E-state index contributed by atoms with van der Waals surface area (Å²) < 4.78 is 49.7. The van der Waals surface area contributed by atoms with Gasteiger partial charge in [-0.2, -0.15) is 0 Å². The van der Waals surface area contributed by atoms with Crippen molar-refractivity contribution >= 4 is 6.08 Å². The highest BCUT2D eigenvalue weighted by Crippen LogP contribution is 2.39. The lowest BCUT2D eigenvalue weighted by Gasteiger charge is -2.30. The lowest BCUT2D eigenvalue weighted by molar-refractivity contribution is 0.0963. The zero-order valence-electron chi connectivity index (χ0n) is 20.6. The molecule has 0 aromatic heterocycles. The largest absolute Gasteiger partial charge is 0.489 e. The zero-order valence-corrected chi connectivity index (χ0v) is 20.6. The van der Waals surface area contributed by atoms with Gasteiger partial charge in [0.25, 0.3) is 0 Å². The summed E-state index contributed by atoms with van der Waals surface area (Å²) in [7, 11) is 0. The van der Waals surface area contributed by atoms with Crippen LogP contribution >= 0.6 is 0 Å². The zero-order chi connectivity index (χ0) is 25.7. The highest BCUT2D eigenvalue weighted by molar-refractivity contribution is 5.57. The number of ether oxygens (including phenoxy) is 1. The first-order valence-corrected chi connectivity index (χ1v) is 12.6. The lowest BCUT2D eigenvalue weighted by atomic mass is 9.76. The Hall–Kier alpha value is -3.05. The lowest BCUT2D eigenvalue weighted by Crippen LogP contribution is -2.23. The van der Waals surface area contributed by atoms with Crippen molar-refractivity contribution in [3.05, 3.63) is 107 Å². The van der Waals surface area contributed by atoms with Crippen LogP contribution in [0.1, 0.15) is 67.6 Å². The normalized spacial score (nSPS) is 22.9. The van der Waals surface area contributed by atoms with Crippen LogP contribution in [0.2, 0.25) is 0 Å². The molecule has 2 unspecified atom stereocenters. The average Bonchev–Trinajstić information content (AvgIpc) is 2.89. The van der Waals surface area contributed by atoms with E-state index in [1.54, 1.807) is 49.4 Å². The number of allylic oxidation sites excluding steroid dienone is 5. The number of aliphatic hydroxyl groups is 1. The third kappa shape index (κ3) is 6.01. The second-order valence-corrected chi connectivity index (χ2v) is 9.75. The van der Waals surface area contributed by atoms with E-state index in [0.29, 0.717) is 29.9 Å². The number of hydrogen-bond acceptors (Lipinski definition) is 2. The molecule has 2 aliphatic rings. The average molecular weight is 495 g/mol. The Morgan fingerprint density at radius 2 is 1.78 bits per heavy atom. The molecule has 190 valence electrons. The molecule has 2 atom stereocenters. The third-order valence-electron chi connectivity index (χ3n) is 7.36. The van der Waals surface area contributed by atoms with Gasteiger partial charge in [-0.1, -0.05) is 61.2 Å². The van der Waals surface area contributed by atoms with E-state index in [1.165, 1.54) is 6.07 Å². The number of hydrogen-bond donors (Lipinski definition) is 1. The fourth-order valence-corrected chi connectivity index (χ4v) is 5.17. The van der Waals surface area contributed by atoms with Gasteiger partial charge in [-0.3, -0.25) is 0 Å². The molecule has 2 aromatic carbocycles. The number of rotatable bonds is 8. The van der Waals surface area contributed by atoms with Gasteiger partial charge in [0.2, 0.25) is 0 Å². The summed E-state index contributed by atoms with van der Waals surface area (Å²) in [6, 6.07) is 8.18. The molecule has 0 spiro atoms. The van der Waals surface area contributed by atoms with E-state index in [1.807, 2.05) is 18.2 Å². The quantitative estimate of drug-likeness (QED) is 0.377. The van der Waals surface area contributed by atoms with E-state index in [-0.39, 0.29) is 35.2 Å². The molecule has 5 heteroatoms. The second kappa shape index (κ2) is 11.8. The molecule has 4 rings (SSSR count). The van der Waals surface area contributed by atoms with Crippen molar-refractivity contribution in [3.8, 4) is 5.75 Å².